The third-order valence-corrected chi connectivity index (χ3v) is 1.99. The van der Waals surface area contributed by atoms with Crippen LogP contribution < -0.4 is 11.1 Å². The Labute approximate surface area is 107 Å². The lowest BCUT2D eigenvalue weighted by atomic mass is 10.1. The van der Waals surface area contributed by atoms with Crippen LogP contribution in [0.1, 0.15) is 26.3 Å². The zero-order valence-electron chi connectivity index (χ0n) is 10.9. The average Bonchev–Trinajstić information content (AvgIpc) is 2.17. The van der Waals surface area contributed by atoms with Gasteiger partial charge in [-0.2, -0.15) is 0 Å². The SMILES string of the molecule is CC(C)(C)OC(=O)Nc1ccc(CC(=N)N)cc1. The van der Waals surface area contributed by atoms with E-state index in [0.29, 0.717) is 12.1 Å². The minimum Gasteiger partial charge on any atom is -0.444 e. The number of amides is 1. The summed E-state index contributed by atoms with van der Waals surface area (Å²) in [4.78, 5) is 11.5. The molecule has 0 atom stereocenters. The van der Waals surface area contributed by atoms with Gasteiger partial charge in [-0.3, -0.25) is 10.7 Å². The monoisotopic (exact) mass is 249 g/mol. The predicted octanol–water partition coefficient (Wildman–Crippen LogP) is 2.51. The van der Waals surface area contributed by atoms with Crippen LogP contribution in [-0.2, 0) is 11.2 Å². The van der Waals surface area contributed by atoms with Gasteiger partial charge in [-0.1, -0.05) is 12.1 Å². The molecule has 0 aromatic heterocycles. The van der Waals surface area contributed by atoms with Crippen molar-refractivity contribution in [2.24, 2.45) is 5.73 Å². The number of anilines is 1. The number of carbonyl (C=O) groups excluding carboxylic acids is 1. The van der Waals surface area contributed by atoms with Crippen LogP contribution in [0.2, 0.25) is 0 Å². The van der Waals surface area contributed by atoms with Gasteiger partial charge in [0.25, 0.3) is 0 Å². The van der Waals surface area contributed by atoms with Crippen molar-refractivity contribution in [3.05, 3.63) is 29.8 Å². The van der Waals surface area contributed by atoms with Gasteiger partial charge in [0.2, 0.25) is 0 Å². The van der Waals surface area contributed by atoms with Crippen molar-refractivity contribution in [2.45, 2.75) is 32.8 Å². The maximum Gasteiger partial charge on any atom is 0.412 e. The molecule has 0 bridgehead atoms. The second-order valence-electron chi connectivity index (χ2n) is 5.03. The van der Waals surface area contributed by atoms with Gasteiger partial charge in [-0.05, 0) is 38.5 Å². The van der Waals surface area contributed by atoms with Crippen molar-refractivity contribution in [2.75, 3.05) is 5.32 Å². The van der Waals surface area contributed by atoms with E-state index in [1.165, 1.54) is 0 Å². The summed E-state index contributed by atoms with van der Waals surface area (Å²) in [5.41, 5.74) is 6.37. The van der Waals surface area contributed by atoms with Crippen molar-refractivity contribution in [3.63, 3.8) is 0 Å². The number of nitrogens with two attached hydrogens (primary N) is 1. The molecule has 98 valence electrons. The van der Waals surface area contributed by atoms with E-state index in [1.54, 1.807) is 12.1 Å². The molecule has 4 N–H and O–H groups in total. The van der Waals surface area contributed by atoms with Gasteiger partial charge in [-0.25, -0.2) is 4.79 Å². The largest absolute Gasteiger partial charge is 0.444 e. The van der Waals surface area contributed by atoms with Gasteiger partial charge in [0.05, 0.1) is 5.84 Å². The van der Waals surface area contributed by atoms with E-state index in [4.69, 9.17) is 15.9 Å². The van der Waals surface area contributed by atoms with E-state index >= 15 is 0 Å². The number of hydrogen-bond donors (Lipinski definition) is 3. The first kappa shape index (κ1) is 14.0. The molecular weight excluding hydrogens is 230 g/mol. The standard InChI is InChI=1S/C13H19N3O2/c1-13(2,3)18-12(17)16-10-6-4-9(5-7-10)8-11(14)15/h4-7H,8H2,1-3H3,(H3,14,15)(H,16,17). The number of ether oxygens (including phenoxy) is 1. The van der Waals surface area contributed by atoms with Gasteiger partial charge in [0, 0.05) is 12.1 Å². The molecule has 5 heteroatoms. The van der Waals surface area contributed by atoms with Crippen molar-refractivity contribution >= 4 is 17.6 Å². The van der Waals surface area contributed by atoms with Crippen molar-refractivity contribution in [3.8, 4) is 0 Å². The Kier molecular flexibility index (Phi) is 4.31. The van der Waals surface area contributed by atoms with Crippen LogP contribution in [0, 0.1) is 5.41 Å². The van der Waals surface area contributed by atoms with E-state index in [0.717, 1.165) is 5.56 Å². The fourth-order valence-electron chi connectivity index (χ4n) is 1.35. The van der Waals surface area contributed by atoms with Crippen LogP contribution in [0.25, 0.3) is 0 Å². The summed E-state index contributed by atoms with van der Waals surface area (Å²) < 4.78 is 5.13. The Morgan fingerprint density at radius 1 is 1.33 bits per heavy atom. The van der Waals surface area contributed by atoms with Crippen LogP contribution >= 0.6 is 0 Å². The molecule has 0 saturated carbocycles. The van der Waals surface area contributed by atoms with Crippen molar-refractivity contribution in [1.82, 2.24) is 0 Å². The zero-order chi connectivity index (χ0) is 13.8. The van der Waals surface area contributed by atoms with E-state index in [1.807, 2.05) is 32.9 Å². The van der Waals surface area contributed by atoms with E-state index in [9.17, 15) is 4.79 Å². The first-order chi connectivity index (χ1) is 8.26. The lowest BCUT2D eigenvalue weighted by Crippen LogP contribution is -2.27. The summed E-state index contributed by atoms with van der Waals surface area (Å²) >= 11 is 0. The van der Waals surface area contributed by atoms with Gasteiger partial charge in [0.15, 0.2) is 0 Å². The number of rotatable bonds is 3. The third-order valence-electron chi connectivity index (χ3n) is 1.99. The van der Waals surface area contributed by atoms with Gasteiger partial charge < -0.3 is 10.5 Å². The molecule has 0 unspecified atom stereocenters. The minimum atomic E-state index is -0.515. The summed E-state index contributed by atoms with van der Waals surface area (Å²) in [5.74, 6) is 0.114. The normalized spacial score (nSPS) is 10.8. The molecule has 0 aliphatic carbocycles. The van der Waals surface area contributed by atoms with Crippen LogP contribution in [-0.4, -0.2) is 17.5 Å². The summed E-state index contributed by atoms with van der Waals surface area (Å²) in [7, 11) is 0. The van der Waals surface area contributed by atoms with E-state index in [-0.39, 0.29) is 5.84 Å². The highest BCUT2D eigenvalue weighted by atomic mass is 16.6. The summed E-state index contributed by atoms with van der Waals surface area (Å²) in [5, 5.41) is 9.82. The lowest BCUT2D eigenvalue weighted by Gasteiger charge is -2.19. The number of amidine groups is 1. The second kappa shape index (κ2) is 5.53. The molecule has 0 heterocycles. The van der Waals surface area contributed by atoms with Crippen molar-refractivity contribution < 1.29 is 9.53 Å². The highest BCUT2D eigenvalue weighted by molar-refractivity contribution is 5.85. The number of benzene rings is 1. The van der Waals surface area contributed by atoms with Crippen LogP contribution in [0.15, 0.2) is 24.3 Å². The fourth-order valence-corrected chi connectivity index (χ4v) is 1.35. The quantitative estimate of drug-likeness (QED) is 0.568. The highest BCUT2D eigenvalue weighted by Gasteiger charge is 2.15. The molecule has 1 aromatic carbocycles. The fraction of sp³-hybridized carbons (Fsp3) is 0.385. The Hall–Kier alpha value is -2.04. The number of carbonyl (C=O) groups is 1. The Morgan fingerprint density at radius 3 is 2.33 bits per heavy atom. The first-order valence-electron chi connectivity index (χ1n) is 5.68. The maximum absolute atomic E-state index is 11.5. The van der Waals surface area contributed by atoms with Gasteiger partial charge >= 0.3 is 6.09 Å². The van der Waals surface area contributed by atoms with E-state index < -0.39 is 11.7 Å². The molecule has 1 aromatic rings. The van der Waals surface area contributed by atoms with Crippen molar-refractivity contribution in [1.29, 1.82) is 5.41 Å². The van der Waals surface area contributed by atoms with E-state index in [2.05, 4.69) is 5.32 Å². The predicted molar refractivity (Wildman–Crippen MR) is 71.9 cm³/mol. The Balaban J connectivity index is 2.58. The number of nitrogens with one attached hydrogen (secondary N) is 2. The molecule has 1 rings (SSSR count). The number of hydrogen-bond acceptors (Lipinski definition) is 3. The topological polar surface area (TPSA) is 88.2 Å². The smallest absolute Gasteiger partial charge is 0.412 e. The molecular formula is C13H19N3O2. The summed E-state index contributed by atoms with van der Waals surface area (Å²) in [6.07, 6.45) is -0.0750. The zero-order valence-corrected chi connectivity index (χ0v) is 10.9. The third kappa shape index (κ3) is 5.34. The molecule has 5 nitrogen and oxygen atoms in total. The molecule has 0 radical (unpaired) electrons. The molecule has 0 aliphatic heterocycles. The average molecular weight is 249 g/mol. The molecule has 18 heavy (non-hydrogen) atoms. The molecule has 0 spiro atoms. The molecule has 0 aliphatic rings. The summed E-state index contributed by atoms with van der Waals surface area (Å²) in [6, 6.07) is 7.13. The molecule has 1 amide bonds. The van der Waals surface area contributed by atoms with Crippen LogP contribution in [0.4, 0.5) is 10.5 Å². The minimum absolute atomic E-state index is 0.114. The first-order valence-corrected chi connectivity index (χ1v) is 5.68. The van der Waals surface area contributed by atoms with Gasteiger partial charge in [0.1, 0.15) is 5.60 Å². The van der Waals surface area contributed by atoms with Gasteiger partial charge in [-0.15, -0.1) is 0 Å². The lowest BCUT2D eigenvalue weighted by molar-refractivity contribution is 0.0636. The highest BCUT2D eigenvalue weighted by Crippen LogP contribution is 2.13. The van der Waals surface area contributed by atoms with Crippen LogP contribution in [0.3, 0.4) is 0 Å². The Morgan fingerprint density at radius 2 is 1.89 bits per heavy atom. The molecule has 0 fully saturated rings. The maximum atomic E-state index is 11.5. The second-order valence-corrected chi connectivity index (χ2v) is 5.03. The molecule has 0 saturated heterocycles. The Bertz CT molecular complexity index is 433. The summed E-state index contributed by atoms with van der Waals surface area (Å²) in [6.45, 7) is 5.42. The van der Waals surface area contributed by atoms with Crippen LogP contribution in [0.5, 0.6) is 0 Å².